The van der Waals surface area contributed by atoms with Crippen molar-refractivity contribution < 1.29 is 8.78 Å². The fourth-order valence-corrected chi connectivity index (χ4v) is 1.86. The van der Waals surface area contributed by atoms with Crippen molar-refractivity contribution >= 4 is 0 Å². The van der Waals surface area contributed by atoms with Crippen molar-refractivity contribution in [3.8, 4) is 0 Å². The number of hydrogen-bond acceptors (Lipinski definition) is 3. The molecule has 3 nitrogen and oxygen atoms in total. The maximum atomic E-state index is 13.7. The maximum Gasteiger partial charge on any atom is 0.130 e. The molecule has 0 aliphatic rings. The summed E-state index contributed by atoms with van der Waals surface area (Å²) in [4.78, 5) is 3.89. The Bertz CT molecular complexity index is 362. The summed E-state index contributed by atoms with van der Waals surface area (Å²) < 4.78 is 27.4. The SMILES string of the molecule is CN(C)CCN(C)C(CN)c1c(F)cccc1F. The van der Waals surface area contributed by atoms with Crippen LogP contribution in [0.3, 0.4) is 0 Å². The van der Waals surface area contributed by atoms with Crippen molar-refractivity contribution in [3.63, 3.8) is 0 Å². The number of halogens is 2. The van der Waals surface area contributed by atoms with Crippen LogP contribution in [0.15, 0.2) is 18.2 Å². The van der Waals surface area contributed by atoms with Crippen LogP contribution in [-0.4, -0.2) is 50.6 Å². The quantitative estimate of drug-likeness (QED) is 0.837. The molecule has 1 atom stereocenters. The second kappa shape index (κ2) is 6.78. The molecular weight excluding hydrogens is 236 g/mol. The molecule has 0 heterocycles. The lowest BCUT2D eigenvalue weighted by atomic mass is 10.0. The first-order chi connectivity index (χ1) is 8.47. The Morgan fingerprint density at radius 2 is 1.67 bits per heavy atom. The van der Waals surface area contributed by atoms with Crippen LogP contribution in [0.4, 0.5) is 8.78 Å². The third-order valence-electron chi connectivity index (χ3n) is 2.99. The van der Waals surface area contributed by atoms with E-state index in [0.29, 0.717) is 6.54 Å². The van der Waals surface area contributed by atoms with E-state index in [1.54, 1.807) is 0 Å². The first-order valence-corrected chi connectivity index (χ1v) is 5.96. The van der Waals surface area contributed by atoms with Crippen LogP contribution in [0.25, 0.3) is 0 Å². The molecule has 0 amide bonds. The van der Waals surface area contributed by atoms with E-state index in [1.807, 2.05) is 30.9 Å². The number of likely N-dealkylation sites (N-methyl/N-ethyl adjacent to an activating group) is 2. The van der Waals surface area contributed by atoms with Gasteiger partial charge in [-0.25, -0.2) is 8.78 Å². The molecule has 0 aliphatic heterocycles. The minimum atomic E-state index is -0.540. The van der Waals surface area contributed by atoms with E-state index in [9.17, 15) is 8.78 Å². The molecule has 0 aromatic heterocycles. The molecular formula is C13H21F2N3. The molecule has 0 bridgehead atoms. The Morgan fingerprint density at radius 3 is 2.11 bits per heavy atom. The van der Waals surface area contributed by atoms with E-state index in [1.165, 1.54) is 18.2 Å². The second-order valence-electron chi connectivity index (χ2n) is 4.67. The van der Waals surface area contributed by atoms with E-state index in [0.717, 1.165) is 6.54 Å². The summed E-state index contributed by atoms with van der Waals surface area (Å²) in [5, 5.41) is 0. The molecule has 0 spiro atoms. The van der Waals surface area contributed by atoms with Crippen molar-refractivity contribution in [3.05, 3.63) is 35.4 Å². The van der Waals surface area contributed by atoms with Gasteiger partial charge in [0, 0.05) is 25.2 Å². The van der Waals surface area contributed by atoms with Crippen molar-refractivity contribution in [1.82, 2.24) is 9.80 Å². The maximum absolute atomic E-state index is 13.7. The van der Waals surface area contributed by atoms with Crippen LogP contribution in [-0.2, 0) is 0 Å². The Balaban J connectivity index is 2.88. The molecule has 1 rings (SSSR count). The summed E-state index contributed by atoms with van der Waals surface area (Å²) >= 11 is 0. The number of nitrogens with zero attached hydrogens (tertiary/aromatic N) is 2. The highest BCUT2D eigenvalue weighted by molar-refractivity contribution is 5.23. The first kappa shape index (κ1) is 15.0. The summed E-state index contributed by atoms with van der Waals surface area (Å²) in [6.07, 6.45) is 0. The highest BCUT2D eigenvalue weighted by atomic mass is 19.1. The van der Waals surface area contributed by atoms with Crippen molar-refractivity contribution in [2.24, 2.45) is 5.73 Å². The van der Waals surface area contributed by atoms with Crippen LogP contribution in [0.2, 0.25) is 0 Å². The molecule has 1 aromatic rings. The van der Waals surface area contributed by atoms with Crippen LogP contribution >= 0.6 is 0 Å². The zero-order valence-corrected chi connectivity index (χ0v) is 11.2. The summed E-state index contributed by atoms with van der Waals surface area (Å²) in [5.74, 6) is -1.08. The largest absolute Gasteiger partial charge is 0.329 e. The van der Waals surface area contributed by atoms with Gasteiger partial charge in [-0.2, -0.15) is 0 Å². The van der Waals surface area contributed by atoms with Gasteiger partial charge in [0.25, 0.3) is 0 Å². The third-order valence-corrected chi connectivity index (χ3v) is 2.99. The van der Waals surface area contributed by atoms with Gasteiger partial charge in [0.15, 0.2) is 0 Å². The van der Waals surface area contributed by atoms with Gasteiger partial charge in [0.1, 0.15) is 11.6 Å². The van der Waals surface area contributed by atoms with Crippen molar-refractivity contribution in [1.29, 1.82) is 0 Å². The molecule has 1 unspecified atom stereocenters. The summed E-state index contributed by atoms with van der Waals surface area (Å²) in [7, 11) is 5.73. The summed E-state index contributed by atoms with van der Waals surface area (Å²) in [6, 6.07) is 3.45. The molecule has 18 heavy (non-hydrogen) atoms. The van der Waals surface area contributed by atoms with Crippen molar-refractivity contribution in [2.45, 2.75) is 6.04 Å². The molecule has 0 saturated heterocycles. The summed E-state index contributed by atoms with van der Waals surface area (Å²) in [5.41, 5.74) is 5.72. The average molecular weight is 257 g/mol. The molecule has 102 valence electrons. The van der Waals surface area contributed by atoms with E-state index < -0.39 is 17.7 Å². The molecule has 2 N–H and O–H groups in total. The van der Waals surface area contributed by atoms with Crippen molar-refractivity contribution in [2.75, 3.05) is 40.8 Å². The topological polar surface area (TPSA) is 32.5 Å². The lowest BCUT2D eigenvalue weighted by molar-refractivity contribution is 0.215. The normalized spacial score (nSPS) is 13.3. The van der Waals surface area contributed by atoms with E-state index >= 15 is 0 Å². The predicted molar refractivity (Wildman–Crippen MR) is 69.3 cm³/mol. The number of nitrogens with two attached hydrogens (primary N) is 1. The Labute approximate surface area is 107 Å². The fourth-order valence-electron chi connectivity index (χ4n) is 1.86. The average Bonchev–Trinajstić information content (AvgIpc) is 2.31. The number of hydrogen-bond donors (Lipinski definition) is 1. The van der Waals surface area contributed by atoms with Gasteiger partial charge in [0.2, 0.25) is 0 Å². The Kier molecular flexibility index (Phi) is 5.65. The molecule has 0 radical (unpaired) electrons. The fraction of sp³-hybridized carbons (Fsp3) is 0.538. The molecule has 5 heteroatoms. The van der Waals surface area contributed by atoms with Crippen LogP contribution in [0.1, 0.15) is 11.6 Å². The van der Waals surface area contributed by atoms with Gasteiger partial charge in [0.05, 0.1) is 6.04 Å². The van der Waals surface area contributed by atoms with Gasteiger partial charge in [-0.1, -0.05) is 6.07 Å². The molecule has 0 saturated carbocycles. The van der Waals surface area contributed by atoms with Crippen LogP contribution in [0.5, 0.6) is 0 Å². The zero-order chi connectivity index (χ0) is 13.7. The monoisotopic (exact) mass is 257 g/mol. The van der Waals surface area contributed by atoms with Gasteiger partial charge in [-0.3, -0.25) is 4.90 Å². The highest BCUT2D eigenvalue weighted by Crippen LogP contribution is 2.24. The molecule has 0 aliphatic carbocycles. The Hall–Kier alpha value is -1.04. The van der Waals surface area contributed by atoms with Crippen LogP contribution < -0.4 is 5.73 Å². The lowest BCUT2D eigenvalue weighted by Gasteiger charge is -2.28. The van der Waals surface area contributed by atoms with Crippen LogP contribution in [0, 0.1) is 11.6 Å². The highest BCUT2D eigenvalue weighted by Gasteiger charge is 2.22. The summed E-state index contributed by atoms with van der Waals surface area (Å²) in [6.45, 7) is 1.69. The zero-order valence-electron chi connectivity index (χ0n) is 11.2. The minimum Gasteiger partial charge on any atom is -0.329 e. The minimum absolute atomic E-state index is 0.0567. The second-order valence-corrected chi connectivity index (χ2v) is 4.67. The number of benzene rings is 1. The Morgan fingerprint density at radius 1 is 1.11 bits per heavy atom. The smallest absolute Gasteiger partial charge is 0.130 e. The predicted octanol–water partition coefficient (Wildman–Crippen LogP) is 1.46. The first-order valence-electron chi connectivity index (χ1n) is 5.96. The van der Waals surface area contributed by atoms with Gasteiger partial charge in [-0.05, 0) is 33.3 Å². The third kappa shape index (κ3) is 3.73. The van der Waals surface area contributed by atoms with Gasteiger partial charge >= 0.3 is 0 Å². The standard InChI is InChI=1S/C13H21F2N3/c1-17(2)7-8-18(3)12(9-16)13-10(14)5-4-6-11(13)15/h4-6,12H,7-9,16H2,1-3H3. The van der Waals surface area contributed by atoms with E-state index in [4.69, 9.17) is 5.73 Å². The number of rotatable bonds is 6. The van der Waals surface area contributed by atoms with E-state index in [-0.39, 0.29) is 12.1 Å². The molecule has 1 aromatic carbocycles. The van der Waals surface area contributed by atoms with Gasteiger partial charge < -0.3 is 10.6 Å². The lowest BCUT2D eigenvalue weighted by Crippen LogP contribution is -2.36. The van der Waals surface area contributed by atoms with Gasteiger partial charge in [-0.15, -0.1) is 0 Å². The molecule has 0 fully saturated rings. The van der Waals surface area contributed by atoms with E-state index in [2.05, 4.69) is 0 Å².